The van der Waals surface area contributed by atoms with Crippen molar-refractivity contribution in [1.29, 1.82) is 0 Å². The van der Waals surface area contributed by atoms with Crippen LogP contribution < -0.4 is 0 Å². The average molecular weight is 173 g/mol. The third-order valence-electron chi connectivity index (χ3n) is 3.48. The lowest BCUT2D eigenvalue weighted by atomic mass is 9.92. The van der Waals surface area contributed by atoms with Crippen LogP contribution in [0.3, 0.4) is 0 Å². The summed E-state index contributed by atoms with van der Waals surface area (Å²) in [6.45, 7) is 0. The topological polar surface area (TPSA) is 0 Å². The second-order valence-electron chi connectivity index (χ2n) is 4.34. The summed E-state index contributed by atoms with van der Waals surface area (Å²) in [7, 11) is 0. The second kappa shape index (κ2) is 2.97. The van der Waals surface area contributed by atoms with Crippen LogP contribution in [0.2, 0.25) is 0 Å². The van der Waals surface area contributed by atoms with Crippen LogP contribution in [-0.4, -0.2) is 4.87 Å². The molecular weight excluding hydrogens is 156 g/mol. The van der Waals surface area contributed by atoms with Crippen molar-refractivity contribution < 1.29 is 0 Å². The molecule has 2 saturated carbocycles. The Labute approximate surface area is 74.3 Å². The molecule has 0 saturated heterocycles. The second-order valence-corrected chi connectivity index (χ2v) is 5.14. The molecule has 2 bridgehead atoms. The van der Waals surface area contributed by atoms with Crippen molar-refractivity contribution in [3.8, 4) is 0 Å². The van der Waals surface area contributed by atoms with Gasteiger partial charge in [0, 0.05) is 4.87 Å². The molecule has 11 heavy (non-hydrogen) atoms. The standard InChI is InChI=1S/C10H17Cl/c11-10-6-1-3-9(5-8-10)4-2-7-10/h9H,1-8H2. The number of hydrogen-bond donors (Lipinski definition) is 0. The van der Waals surface area contributed by atoms with Crippen LogP contribution in [0.4, 0.5) is 0 Å². The summed E-state index contributed by atoms with van der Waals surface area (Å²) in [5, 5.41) is 0. The summed E-state index contributed by atoms with van der Waals surface area (Å²) in [6.07, 6.45) is 10.9. The van der Waals surface area contributed by atoms with Gasteiger partial charge in [0.1, 0.15) is 0 Å². The van der Waals surface area contributed by atoms with E-state index in [2.05, 4.69) is 0 Å². The highest BCUT2D eigenvalue weighted by atomic mass is 35.5. The van der Waals surface area contributed by atoms with E-state index in [4.69, 9.17) is 11.6 Å². The lowest BCUT2D eigenvalue weighted by molar-refractivity contribution is 0.406. The van der Waals surface area contributed by atoms with Gasteiger partial charge in [0.15, 0.2) is 0 Å². The molecule has 0 N–H and O–H groups in total. The van der Waals surface area contributed by atoms with Crippen molar-refractivity contribution in [3.63, 3.8) is 0 Å². The molecule has 1 heteroatoms. The first-order chi connectivity index (χ1) is 5.29. The summed E-state index contributed by atoms with van der Waals surface area (Å²) in [5.74, 6) is 1.03. The number of hydrogen-bond acceptors (Lipinski definition) is 0. The summed E-state index contributed by atoms with van der Waals surface area (Å²) in [6, 6.07) is 0. The van der Waals surface area contributed by atoms with Gasteiger partial charge >= 0.3 is 0 Å². The summed E-state index contributed by atoms with van der Waals surface area (Å²) >= 11 is 6.51. The highest BCUT2D eigenvalue weighted by molar-refractivity contribution is 6.23. The maximum absolute atomic E-state index is 6.51. The normalized spacial score (nSPS) is 45.0. The van der Waals surface area contributed by atoms with Crippen molar-refractivity contribution >= 4 is 11.6 Å². The van der Waals surface area contributed by atoms with Gasteiger partial charge in [-0.2, -0.15) is 0 Å². The molecular formula is C10H17Cl. The third-order valence-corrected chi connectivity index (χ3v) is 4.04. The van der Waals surface area contributed by atoms with E-state index in [-0.39, 0.29) is 4.87 Å². The Kier molecular flexibility index (Phi) is 2.14. The van der Waals surface area contributed by atoms with Crippen molar-refractivity contribution in [2.75, 3.05) is 0 Å². The third kappa shape index (κ3) is 1.72. The maximum Gasteiger partial charge on any atom is 0.0447 e. The van der Waals surface area contributed by atoms with E-state index in [9.17, 15) is 0 Å². The SMILES string of the molecule is ClC12CCCC(CCC1)CC2. The maximum atomic E-state index is 6.51. The first kappa shape index (κ1) is 7.91. The molecule has 0 aromatic heterocycles. The highest BCUT2D eigenvalue weighted by Crippen LogP contribution is 2.43. The molecule has 2 aliphatic rings. The Morgan fingerprint density at radius 3 is 2.18 bits per heavy atom. The van der Waals surface area contributed by atoms with E-state index in [0.717, 1.165) is 5.92 Å². The van der Waals surface area contributed by atoms with Gasteiger partial charge in [-0.15, -0.1) is 11.6 Å². The molecule has 0 nitrogen and oxygen atoms in total. The van der Waals surface area contributed by atoms with E-state index >= 15 is 0 Å². The molecule has 0 atom stereocenters. The molecule has 0 amide bonds. The minimum Gasteiger partial charge on any atom is -0.119 e. The van der Waals surface area contributed by atoms with Crippen molar-refractivity contribution in [1.82, 2.24) is 0 Å². The zero-order chi connectivity index (χ0) is 7.73. The average Bonchev–Trinajstić information content (AvgIpc) is 2.19. The molecule has 2 rings (SSSR count). The lowest BCUT2D eigenvalue weighted by Gasteiger charge is -2.24. The Balaban J connectivity index is 2.10. The zero-order valence-electron chi connectivity index (χ0n) is 7.11. The number of halogens is 1. The first-order valence-corrected chi connectivity index (χ1v) is 5.35. The molecule has 2 aliphatic carbocycles. The van der Waals surface area contributed by atoms with Crippen LogP contribution in [0.15, 0.2) is 0 Å². The fourth-order valence-corrected chi connectivity index (χ4v) is 3.06. The molecule has 0 aromatic carbocycles. The van der Waals surface area contributed by atoms with E-state index < -0.39 is 0 Å². The molecule has 0 radical (unpaired) electrons. The van der Waals surface area contributed by atoms with Gasteiger partial charge in [-0.05, 0) is 31.6 Å². The predicted molar refractivity (Wildman–Crippen MR) is 49.0 cm³/mol. The molecule has 0 heterocycles. The quantitative estimate of drug-likeness (QED) is 0.489. The van der Waals surface area contributed by atoms with Crippen molar-refractivity contribution in [2.45, 2.75) is 56.2 Å². The number of alkyl halides is 1. The Morgan fingerprint density at radius 1 is 0.909 bits per heavy atom. The van der Waals surface area contributed by atoms with Crippen molar-refractivity contribution in [3.05, 3.63) is 0 Å². The largest absolute Gasteiger partial charge is 0.119 e. The van der Waals surface area contributed by atoms with Gasteiger partial charge in [0.25, 0.3) is 0 Å². The Morgan fingerprint density at radius 2 is 1.55 bits per heavy atom. The van der Waals surface area contributed by atoms with Gasteiger partial charge in [-0.25, -0.2) is 0 Å². The minimum absolute atomic E-state index is 0.227. The molecule has 0 aliphatic heterocycles. The van der Waals surface area contributed by atoms with Crippen LogP contribution in [0.5, 0.6) is 0 Å². The van der Waals surface area contributed by atoms with E-state index in [0.29, 0.717) is 0 Å². The monoisotopic (exact) mass is 172 g/mol. The molecule has 0 unspecified atom stereocenters. The van der Waals surface area contributed by atoms with Crippen molar-refractivity contribution in [2.24, 2.45) is 5.92 Å². The van der Waals surface area contributed by atoms with Crippen LogP contribution in [-0.2, 0) is 0 Å². The Bertz CT molecular complexity index is 132. The van der Waals surface area contributed by atoms with E-state index in [1.165, 1.54) is 51.4 Å². The Hall–Kier alpha value is 0.290. The number of rotatable bonds is 0. The van der Waals surface area contributed by atoms with Crippen LogP contribution in [0, 0.1) is 5.92 Å². The highest BCUT2D eigenvalue weighted by Gasteiger charge is 2.33. The summed E-state index contributed by atoms with van der Waals surface area (Å²) in [4.78, 5) is 0.227. The van der Waals surface area contributed by atoms with Gasteiger partial charge in [0.2, 0.25) is 0 Å². The smallest absolute Gasteiger partial charge is 0.0447 e. The van der Waals surface area contributed by atoms with Crippen LogP contribution >= 0.6 is 11.6 Å². The first-order valence-electron chi connectivity index (χ1n) is 4.97. The zero-order valence-corrected chi connectivity index (χ0v) is 7.87. The van der Waals surface area contributed by atoms with Gasteiger partial charge in [0.05, 0.1) is 0 Å². The van der Waals surface area contributed by atoms with Gasteiger partial charge in [-0.1, -0.05) is 25.7 Å². The summed E-state index contributed by atoms with van der Waals surface area (Å²) in [5.41, 5.74) is 0. The van der Waals surface area contributed by atoms with Gasteiger partial charge < -0.3 is 0 Å². The fraction of sp³-hybridized carbons (Fsp3) is 1.00. The van der Waals surface area contributed by atoms with E-state index in [1.54, 1.807) is 0 Å². The predicted octanol–water partition coefficient (Wildman–Crippen LogP) is 3.73. The van der Waals surface area contributed by atoms with Crippen LogP contribution in [0.25, 0.3) is 0 Å². The molecule has 0 aromatic rings. The van der Waals surface area contributed by atoms with Gasteiger partial charge in [-0.3, -0.25) is 0 Å². The molecule has 64 valence electrons. The summed E-state index contributed by atoms with van der Waals surface area (Å²) < 4.78 is 0. The lowest BCUT2D eigenvalue weighted by Crippen LogP contribution is -2.19. The minimum atomic E-state index is 0.227. The molecule has 0 spiro atoms. The fourth-order valence-electron chi connectivity index (χ4n) is 2.69. The number of fused-ring (bicyclic) bond motifs is 3. The van der Waals surface area contributed by atoms with Crippen LogP contribution in [0.1, 0.15) is 51.4 Å². The molecule has 2 fully saturated rings. The van der Waals surface area contributed by atoms with E-state index in [1.807, 2.05) is 0 Å².